The van der Waals surface area contributed by atoms with Gasteiger partial charge in [-0.3, -0.25) is 4.57 Å². The Balaban J connectivity index is 0. The van der Waals surface area contributed by atoms with Crippen LogP contribution in [0.5, 0.6) is 0 Å². The van der Waals surface area contributed by atoms with Crippen LogP contribution < -0.4 is 9.79 Å². The highest BCUT2D eigenvalue weighted by Crippen LogP contribution is 2.46. The number of phosphoric ester groups is 1. The Bertz CT molecular complexity index is 527. The second kappa shape index (κ2) is 10.5. The zero-order chi connectivity index (χ0) is 23.2. The summed E-state index contributed by atoms with van der Waals surface area (Å²) in [4.78, 5) is 22.8. The molecule has 0 aromatic heterocycles. The lowest BCUT2D eigenvalue weighted by Crippen LogP contribution is -2.26. The molecule has 0 aromatic rings. The van der Waals surface area contributed by atoms with Crippen molar-refractivity contribution < 1.29 is 32.5 Å². The van der Waals surface area contributed by atoms with Gasteiger partial charge in [0.05, 0.1) is 17.8 Å². The number of hydrogen-bond donors (Lipinski definition) is 0. The fraction of sp³-hybridized carbons (Fsp3) is 1.00. The van der Waals surface area contributed by atoms with Crippen LogP contribution in [0.15, 0.2) is 0 Å². The first-order valence-electron chi connectivity index (χ1n) is 9.50. The van der Waals surface area contributed by atoms with Gasteiger partial charge in [-0.05, 0) is 58.8 Å². The third-order valence-electron chi connectivity index (χ3n) is 2.57. The van der Waals surface area contributed by atoms with Crippen molar-refractivity contribution in [2.75, 3.05) is 12.8 Å². The standard InChI is InChI=1S/C10H23O4P.C9H21O3P/c1-9(2,3)7-8-13-15(11,12)14-10(4,5)6;1-8(2,3)7-13(10,11)12-9(4,5)6/h7-8H2,1-6H3,(H,11,12);7H2,1-6H3,(H,10,11)/p-2. The molecule has 0 heterocycles. The molecule has 0 aliphatic carbocycles. The van der Waals surface area contributed by atoms with E-state index in [0.717, 1.165) is 0 Å². The predicted molar refractivity (Wildman–Crippen MR) is 111 cm³/mol. The molecule has 0 amide bonds. The van der Waals surface area contributed by atoms with Crippen LogP contribution in [0.25, 0.3) is 0 Å². The zero-order valence-corrected chi connectivity index (χ0v) is 21.7. The molecule has 0 aromatic carbocycles. The molecular weight excluding hydrogens is 402 g/mol. The third kappa shape index (κ3) is 24.3. The van der Waals surface area contributed by atoms with Crippen molar-refractivity contribution >= 4 is 15.4 Å². The molecule has 0 N–H and O–H groups in total. The SMILES string of the molecule is CC(C)(C)CCOP(=O)([O-])OC(C)(C)C.CC(C)(C)CP(=O)([O-])OC(C)(C)C. The van der Waals surface area contributed by atoms with Gasteiger partial charge in [-0.1, -0.05) is 41.5 Å². The van der Waals surface area contributed by atoms with E-state index < -0.39 is 26.6 Å². The predicted octanol–water partition coefficient (Wildman–Crippen LogP) is 5.12. The van der Waals surface area contributed by atoms with E-state index in [-0.39, 0.29) is 23.6 Å². The van der Waals surface area contributed by atoms with E-state index in [0.29, 0.717) is 6.42 Å². The molecule has 2 unspecified atom stereocenters. The summed E-state index contributed by atoms with van der Waals surface area (Å²) in [5, 5.41) is 0. The van der Waals surface area contributed by atoms with Gasteiger partial charge in [0.15, 0.2) is 0 Å². The number of phosphoric acid groups is 1. The van der Waals surface area contributed by atoms with Crippen molar-refractivity contribution in [1.29, 1.82) is 0 Å². The maximum Gasteiger partial charge on any atom is 0.268 e. The maximum atomic E-state index is 11.5. The Labute approximate surface area is 172 Å². The monoisotopic (exact) mass is 444 g/mol. The van der Waals surface area contributed by atoms with E-state index in [1.165, 1.54) is 0 Å². The molecule has 0 spiro atoms. The first kappa shape index (κ1) is 30.5. The summed E-state index contributed by atoms with van der Waals surface area (Å²) in [7, 11) is -7.84. The van der Waals surface area contributed by atoms with Crippen LogP contribution in [-0.2, 0) is 22.7 Å². The number of rotatable bonds is 6. The van der Waals surface area contributed by atoms with Gasteiger partial charge in [0, 0.05) is 6.16 Å². The molecule has 0 saturated carbocycles. The lowest BCUT2D eigenvalue weighted by Gasteiger charge is -2.35. The van der Waals surface area contributed by atoms with E-state index in [1.807, 2.05) is 41.5 Å². The summed E-state index contributed by atoms with van der Waals surface area (Å²) in [5.74, 6) is 0. The van der Waals surface area contributed by atoms with Gasteiger partial charge in [0.2, 0.25) is 0 Å². The minimum absolute atomic E-state index is 0.0573. The molecule has 172 valence electrons. The minimum Gasteiger partial charge on any atom is -0.778 e. The van der Waals surface area contributed by atoms with Gasteiger partial charge in [-0.2, -0.15) is 0 Å². The highest BCUT2D eigenvalue weighted by Gasteiger charge is 2.25. The summed E-state index contributed by atoms with van der Waals surface area (Å²) in [5.41, 5.74) is -1.55. The third-order valence-corrected chi connectivity index (χ3v) is 6.00. The molecule has 0 aliphatic heterocycles. The highest BCUT2D eigenvalue weighted by atomic mass is 31.2. The van der Waals surface area contributed by atoms with Crippen LogP contribution in [-0.4, -0.2) is 24.0 Å². The first-order chi connectivity index (χ1) is 11.8. The lowest BCUT2D eigenvalue weighted by molar-refractivity contribution is -0.234. The van der Waals surface area contributed by atoms with Gasteiger partial charge in [0.25, 0.3) is 7.82 Å². The largest absolute Gasteiger partial charge is 0.778 e. The van der Waals surface area contributed by atoms with E-state index >= 15 is 0 Å². The van der Waals surface area contributed by atoms with Gasteiger partial charge in [-0.25, -0.2) is 0 Å². The quantitative estimate of drug-likeness (QED) is 0.523. The van der Waals surface area contributed by atoms with Crippen molar-refractivity contribution in [3.05, 3.63) is 0 Å². The first-order valence-corrected chi connectivity index (χ1v) is 12.7. The highest BCUT2D eigenvalue weighted by molar-refractivity contribution is 7.51. The molecule has 9 heteroatoms. The molecule has 0 rings (SSSR count). The van der Waals surface area contributed by atoms with Crippen molar-refractivity contribution in [3.63, 3.8) is 0 Å². The fourth-order valence-corrected chi connectivity index (χ4v) is 4.96. The molecular formula is C19H42O7P2-2. The van der Waals surface area contributed by atoms with Crippen molar-refractivity contribution in [2.45, 2.75) is 101 Å². The summed E-state index contributed by atoms with van der Waals surface area (Å²) in [6.45, 7) is 22.1. The maximum absolute atomic E-state index is 11.5. The molecule has 28 heavy (non-hydrogen) atoms. The summed E-state index contributed by atoms with van der Waals surface area (Å²) in [6, 6.07) is 0. The normalized spacial score (nSPS) is 17.9. The number of hydrogen-bond acceptors (Lipinski definition) is 7. The van der Waals surface area contributed by atoms with Gasteiger partial charge in [-0.15, -0.1) is 0 Å². The fourth-order valence-electron chi connectivity index (χ4n) is 1.86. The Kier molecular flexibility index (Phi) is 11.4. The van der Waals surface area contributed by atoms with Gasteiger partial charge < -0.3 is 27.9 Å². The van der Waals surface area contributed by atoms with Gasteiger partial charge >= 0.3 is 0 Å². The average molecular weight is 444 g/mol. The smallest absolute Gasteiger partial charge is 0.268 e. The van der Waals surface area contributed by atoms with E-state index in [4.69, 9.17) is 13.6 Å². The Morgan fingerprint density at radius 3 is 1.36 bits per heavy atom. The lowest BCUT2D eigenvalue weighted by atomic mass is 9.93. The molecule has 7 nitrogen and oxygen atoms in total. The van der Waals surface area contributed by atoms with Crippen molar-refractivity contribution in [1.82, 2.24) is 0 Å². The van der Waals surface area contributed by atoms with Crippen LogP contribution in [0.4, 0.5) is 0 Å². The van der Waals surface area contributed by atoms with Gasteiger partial charge in [0.1, 0.15) is 7.60 Å². The van der Waals surface area contributed by atoms with Crippen LogP contribution in [0.3, 0.4) is 0 Å². The van der Waals surface area contributed by atoms with E-state index in [2.05, 4.69) is 0 Å². The van der Waals surface area contributed by atoms with E-state index in [1.54, 1.807) is 41.5 Å². The van der Waals surface area contributed by atoms with Crippen LogP contribution in [0.2, 0.25) is 0 Å². The average Bonchev–Trinajstić information content (AvgIpc) is 2.14. The zero-order valence-electron chi connectivity index (χ0n) is 19.9. The summed E-state index contributed by atoms with van der Waals surface area (Å²) < 4.78 is 37.4. The molecule has 2 atom stereocenters. The summed E-state index contributed by atoms with van der Waals surface area (Å²) in [6.07, 6.45) is 0.754. The Morgan fingerprint density at radius 1 is 0.679 bits per heavy atom. The molecule has 0 fully saturated rings. The molecule has 0 aliphatic rings. The van der Waals surface area contributed by atoms with Crippen LogP contribution in [0.1, 0.15) is 89.5 Å². The Hall–Kier alpha value is 0.260. The molecule has 0 bridgehead atoms. The second-order valence-electron chi connectivity index (χ2n) is 11.3. The molecule has 0 radical (unpaired) electrons. The van der Waals surface area contributed by atoms with Crippen molar-refractivity contribution in [2.24, 2.45) is 10.8 Å². The second-order valence-corrected chi connectivity index (χ2v) is 14.4. The topological polar surface area (TPSA) is 108 Å². The van der Waals surface area contributed by atoms with Crippen LogP contribution in [0, 0.1) is 10.8 Å². The molecule has 0 saturated heterocycles. The van der Waals surface area contributed by atoms with E-state index in [9.17, 15) is 18.9 Å². The van der Waals surface area contributed by atoms with Crippen molar-refractivity contribution in [3.8, 4) is 0 Å². The Morgan fingerprint density at radius 2 is 1.07 bits per heavy atom. The summed E-state index contributed by atoms with van der Waals surface area (Å²) >= 11 is 0. The van der Waals surface area contributed by atoms with Crippen LogP contribution >= 0.6 is 15.4 Å². The minimum atomic E-state index is -4.15.